The van der Waals surface area contributed by atoms with Crippen LogP contribution in [0.4, 0.5) is 0 Å². The molecule has 0 atom stereocenters. The molecule has 5 heteroatoms. The van der Waals surface area contributed by atoms with Gasteiger partial charge in [0.15, 0.2) is 0 Å². The summed E-state index contributed by atoms with van der Waals surface area (Å²) >= 11 is 0. The molecule has 2 heterocycles. The standard InChI is InChI=1S/C15H22N4O/c1-4-13-8-14(19(5-2)17-13)10-18-11(3)6-7-12(9-16)15(18)20/h6-8H,4-5,9-10,16H2,1-3H3. The third-order valence-corrected chi connectivity index (χ3v) is 3.59. The zero-order valence-electron chi connectivity index (χ0n) is 12.4. The molecule has 0 unspecified atom stereocenters. The lowest BCUT2D eigenvalue weighted by Gasteiger charge is -2.12. The number of hydrogen-bond donors (Lipinski definition) is 1. The van der Waals surface area contributed by atoms with Crippen molar-refractivity contribution in [1.29, 1.82) is 0 Å². The van der Waals surface area contributed by atoms with Crippen LogP contribution in [0.2, 0.25) is 0 Å². The molecule has 2 aromatic heterocycles. The van der Waals surface area contributed by atoms with E-state index >= 15 is 0 Å². The minimum absolute atomic E-state index is 0.00518. The zero-order chi connectivity index (χ0) is 14.7. The maximum absolute atomic E-state index is 12.4. The first kappa shape index (κ1) is 14.5. The summed E-state index contributed by atoms with van der Waals surface area (Å²) in [5, 5.41) is 4.52. The molecule has 2 N–H and O–H groups in total. The van der Waals surface area contributed by atoms with Gasteiger partial charge in [0.1, 0.15) is 0 Å². The van der Waals surface area contributed by atoms with Crippen LogP contribution in [-0.2, 0) is 26.1 Å². The van der Waals surface area contributed by atoms with Gasteiger partial charge in [-0.3, -0.25) is 9.48 Å². The van der Waals surface area contributed by atoms with Crippen LogP contribution in [0.15, 0.2) is 23.0 Å². The van der Waals surface area contributed by atoms with Crippen molar-refractivity contribution in [2.24, 2.45) is 5.73 Å². The first-order valence-electron chi connectivity index (χ1n) is 7.05. The smallest absolute Gasteiger partial charge is 0.255 e. The Morgan fingerprint density at radius 1 is 1.30 bits per heavy atom. The lowest BCUT2D eigenvalue weighted by molar-refractivity contribution is 0.583. The molecule has 0 aromatic carbocycles. The molecule has 0 fully saturated rings. The molecule has 2 rings (SSSR count). The van der Waals surface area contributed by atoms with Gasteiger partial charge in [0.25, 0.3) is 5.56 Å². The van der Waals surface area contributed by atoms with Gasteiger partial charge >= 0.3 is 0 Å². The van der Waals surface area contributed by atoms with Gasteiger partial charge in [-0.2, -0.15) is 5.10 Å². The predicted octanol–water partition coefficient (Wildman–Crippen LogP) is 1.44. The first-order chi connectivity index (χ1) is 9.60. The second-order valence-corrected chi connectivity index (χ2v) is 4.89. The van der Waals surface area contributed by atoms with Crippen molar-refractivity contribution in [2.75, 3.05) is 0 Å². The van der Waals surface area contributed by atoms with Crippen LogP contribution >= 0.6 is 0 Å². The Hall–Kier alpha value is -1.88. The summed E-state index contributed by atoms with van der Waals surface area (Å²) in [5.74, 6) is 0. The molecule has 20 heavy (non-hydrogen) atoms. The van der Waals surface area contributed by atoms with E-state index in [0.29, 0.717) is 12.1 Å². The number of nitrogens with zero attached hydrogens (tertiary/aromatic N) is 3. The maximum atomic E-state index is 12.4. The molecular formula is C15H22N4O. The highest BCUT2D eigenvalue weighted by atomic mass is 16.1. The van der Waals surface area contributed by atoms with Crippen molar-refractivity contribution in [1.82, 2.24) is 14.3 Å². The minimum Gasteiger partial charge on any atom is -0.326 e. The molecular weight excluding hydrogens is 252 g/mol. The van der Waals surface area contributed by atoms with E-state index < -0.39 is 0 Å². The van der Waals surface area contributed by atoms with E-state index in [9.17, 15) is 4.79 Å². The second kappa shape index (κ2) is 6.05. The number of aryl methyl sites for hydroxylation is 3. The largest absolute Gasteiger partial charge is 0.326 e. The lowest BCUT2D eigenvalue weighted by atomic mass is 10.2. The normalized spacial score (nSPS) is 11.0. The van der Waals surface area contributed by atoms with Crippen molar-refractivity contribution in [2.45, 2.75) is 46.8 Å². The molecule has 2 aromatic rings. The van der Waals surface area contributed by atoms with Gasteiger partial charge < -0.3 is 10.3 Å². The van der Waals surface area contributed by atoms with Crippen LogP contribution in [0.1, 0.15) is 36.5 Å². The maximum Gasteiger partial charge on any atom is 0.255 e. The van der Waals surface area contributed by atoms with Crippen LogP contribution in [0.25, 0.3) is 0 Å². The molecule has 0 aliphatic heterocycles. The molecule has 0 aliphatic rings. The monoisotopic (exact) mass is 274 g/mol. The van der Waals surface area contributed by atoms with Crippen LogP contribution in [0.3, 0.4) is 0 Å². The van der Waals surface area contributed by atoms with E-state index in [1.54, 1.807) is 4.57 Å². The number of nitrogens with two attached hydrogens (primary N) is 1. The molecule has 0 aliphatic carbocycles. The Kier molecular flexibility index (Phi) is 4.39. The Balaban J connectivity index is 2.44. The van der Waals surface area contributed by atoms with Crippen LogP contribution in [0, 0.1) is 6.92 Å². The van der Waals surface area contributed by atoms with E-state index in [-0.39, 0.29) is 12.1 Å². The fraction of sp³-hybridized carbons (Fsp3) is 0.467. The summed E-state index contributed by atoms with van der Waals surface area (Å²) < 4.78 is 3.73. The topological polar surface area (TPSA) is 65.8 Å². The second-order valence-electron chi connectivity index (χ2n) is 4.89. The third kappa shape index (κ3) is 2.67. The number of aromatic nitrogens is 3. The highest BCUT2D eigenvalue weighted by Crippen LogP contribution is 2.09. The molecule has 5 nitrogen and oxygen atoms in total. The fourth-order valence-corrected chi connectivity index (χ4v) is 2.32. The Bertz CT molecular complexity index is 654. The third-order valence-electron chi connectivity index (χ3n) is 3.59. The molecule has 0 radical (unpaired) electrons. The van der Waals surface area contributed by atoms with Gasteiger partial charge in [0, 0.05) is 24.3 Å². The van der Waals surface area contributed by atoms with Crippen molar-refractivity contribution in [3.63, 3.8) is 0 Å². The number of pyridine rings is 1. The van der Waals surface area contributed by atoms with Crippen molar-refractivity contribution in [3.05, 3.63) is 51.2 Å². The Labute approximate surface area is 119 Å². The number of rotatable bonds is 5. The van der Waals surface area contributed by atoms with Gasteiger partial charge in [0.05, 0.1) is 17.9 Å². The van der Waals surface area contributed by atoms with Crippen molar-refractivity contribution < 1.29 is 0 Å². The van der Waals surface area contributed by atoms with E-state index in [1.165, 1.54) is 0 Å². The van der Waals surface area contributed by atoms with Gasteiger partial charge in [0.2, 0.25) is 0 Å². The average molecular weight is 274 g/mol. The summed E-state index contributed by atoms with van der Waals surface area (Å²) in [6.45, 7) is 7.70. The summed E-state index contributed by atoms with van der Waals surface area (Å²) in [6.07, 6.45) is 0.900. The van der Waals surface area contributed by atoms with Gasteiger partial charge in [-0.15, -0.1) is 0 Å². The van der Waals surface area contributed by atoms with E-state index in [4.69, 9.17) is 5.73 Å². The lowest BCUT2D eigenvalue weighted by Crippen LogP contribution is -2.28. The van der Waals surface area contributed by atoms with E-state index in [2.05, 4.69) is 25.0 Å². The van der Waals surface area contributed by atoms with Crippen molar-refractivity contribution in [3.8, 4) is 0 Å². The summed E-state index contributed by atoms with van der Waals surface area (Å²) in [4.78, 5) is 12.4. The average Bonchev–Trinajstić information content (AvgIpc) is 2.86. The molecule has 0 spiro atoms. The fourth-order valence-electron chi connectivity index (χ4n) is 2.32. The highest BCUT2D eigenvalue weighted by molar-refractivity contribution is 5.18. The van der Waals surface area contributed by atoms with Gasteiger partial charge in [-0.1, -0.05) is 13.0 Å². The van der Waals surface area contributed by atoms with Gasteiger partial charge in [-0.25, -0.2) is 0 Å². The SMILES string of the molecule is CCc1cc(Cn2c(C)ccc(CN)c2=O)n(CC)n1. The van der Waals surface area contributed by atoms with E-state index in [0.717, 1.165) is 30.0 Å². The molecule has 0 saturated carbocycles. The van der Waals surface area contributed by atoms with E-state index in [1.807, 2.05) is 23.7 Å². The van der Waals surface area contributed by atoms with Gasteiger partial charge in [-0.05, 0) is 32.4 Å². The summed E-state index contributed by atoms with van der Waals surface area (Å²) in [5.41, 5.74) is 9.31. The summed E-state index contributed by atoms with van der Waals surface area (Å²) in [6, 6.07) is 5.82. The minimum atomic E-state index is -0.00518. The molecule has 0 bridgehead atoms. The van der Waals surface area contributed by atoms with Crippen LogP contribution < -0.4 is 11.3 Å². The quantitative estimate of drug-likeness (QED) is 0.897. The summed E-state index contributed by atoms with van der Waals surface area (Å²) in [7, 11) is 0. The number of hydrogen-bond acceptors (Lipinski definition) is 3. The predicted molar refractivity (Wildman–Crippen MR) is 79.7 cm³/mol. The van der Waals surface area contributed by atoms with Crippen LogP contribution in [0.5, 0.6) is 0 Å². The Morgan fingerprint density at radius 3 is 2.65 bits per heavy atom. The highest BCUT2D eigenvalue weighted by Gasteiger charge is 2.10. The zero-order valence-corrected chi connectivity index (χ0v) is 12.4. The van der Waals surface area contributed by atoms with Crippen LogP contribution in [-0.4, -0.2) is 14.3 Å². The van der Waals surface area contributed by atoms with Crippen molar-refractivity contribution >= 4 is 0 Å². The Morgan fingerprint density at radius 2 is 2.05 bits per heavy atom. The molecule has 0 saturated heterocycles. The molecule has 108 valence electrons. The molecule has 0 amide bonds. The first-order valence-corrected chi connectivity index (χ1v) is 7.05.